The lowest BCUT2D eigenvalue weighted by Crippen LogP contribution is -2.34. The van der Waals surface area contributed by atoms with Crippen LogP contribution in [0.5, 0.6) is 5.75 Å². The lowest BCUT2D eigenvalue weighted by atomic mass is 10.2. The number of thiocarbonyl (C=S) groups is 1. The van der Waals surface area contributed by atoms with Gasteiger partial charge in [0.2, 0.25) is 5.89 Å². The molecule has 1 aromatic heterocycles. The maximum atomic E-state index is 12.4. The van der Waals surface area contributed by atoms with Crippen molar-refractivity contribution in [3.63, 3.8) is 0 Å². The third kappa shape index (κ3) is 4.80. The average molecular weight is 472 g/mol. The highest BCUT2D eigenvalue weighted by molar-refractivity contribution is 7.80. The summed E-state index contributed by atoms with van der Waals surface area (Å²) in [5, 5.41) is 6.35. The highest BCUT2D eigenvalue weighted by atomic mass is 35.5. The second kappa shape index (κ2) is 8.93. The van der Waals surface area contributed by atoms with Gasteiger partial charge in [-0.25, -0.2) is 4.98 Å². The molecule has 0 saturated carbocycles. The fourth-order valence-electron chi connectivity index (χ4n) is 2.89. The van der Waals surface area contributed by atoms with Crippen molar-refractivity contribution in [3.05, 3.63) is 76.3 Å². The summed E-state index contributed by atoms with van der Waals surface area (Å²) < 4.78 is 11.1. The molecule has 2 N–H and O–H groups in total. The number of carbonyl (C=O) groups excluding carboxylic acids is 1. The fraction of sp³-hybridized carbons (Fsp3) is 0.0455. The van der Waals surface area contributed by atoms with Crippen LogP contribution in [0.15, 0.2) is 65.1 Å². The van der Waals surface area contributed by atoms with E-state index in [-0.39, 0.29) is 15.7 Å². The summed E-state index contributed by atoms with van der Waals surface area (Å²) in [7, 11) is 1.60. The Bertz CT molecular complexity index is 1310. The van der Waals surface area contributed by atoms with E-state index in [9.17, 15) is 4.79 Å². The van der Waals surface area contributed by atoms with Crippen molar-refractivity contribution in [2.45, 2.75) is 0 Å². The molecule has 0 unspecified atom stereocenters. The third-order valence-electron chi connectivity index (χ3n) is 4.36. The molecule has 9 heteroatoms. The predicted molar refractivity (Wildman–Crippen MR) is 126 cm³/mol. The molecular formula is C22H15Cl2N3O3S. The minimum absolute atomic E-state index is 0.117. The van der Waals surface area contributed by atoms with E-state index < -0.39 is 5.91 Å². The summed E-state index contributed by atoms with van der Waals surface area (Å²) in [5.41, 5.74) is 2.97. The van der Waals surface area contributed by atoms with Crippen LogP contribution in [0.4, 0.5) is 5.69 Å². The van der Waals surface area contributed by atoms with Gasteiger partial charge in [-0.2, -0.15) is 0 Å². The number of aromatic nitrogens is 1. The number of nitrogens with one attached hydrogen (secondary N) is 2. The number of anilines is 1. The number of hydrogen-bond donors (Lipinski definition) is 2. The Morgan fingerprint density at radius 2 is 1.94 bits per heavy atom. The molecule has 0 saturated heterocycles. The zero-order valence-electron chi connectivity index (χ0n) is 16.1. The smallest absolute Gasteiger partial charge is 0.258 e. The molecule has 1 heterocycles. The number of oxazole rings is 1. The van der Waals surface area contributed by atoms with Gasteiger partial charge < -0.3 is 14.5 Å². The van der Waals surface area contributed by atoms with Crippen LogP contribution in [-0.4, -0.2) is 23.1 Å². The Balaban J connectivity index is 1.49. The van der Waals surface area contributed by atoms with Crippen LogP contribution in [0.1, 0.15) is 10.4 Å². The number of amides is 1. The van der Waals surface area contributed by atoms with Gasteiger partial charge >= 0.3 is 0 Å². The summed E-state index contributed by atoms with van der Waals surface area (Å²) in [4.78, 5) is 16.9. The minimum Gasteiger partial charge on any atom is -0.497 e. The molecule has 0 aliphatic heterocycles. The Morgan fingerprint density at radius 1 is 1.10 bits per heavy atom. The number of ether oxygens (including phenoxy) is 1. The Hall–Kier alpha value is -3.13. The van der Waals surface area contributed by atoms with Crippen molar-refractivity contribution in [3.8, 4) is 17.2 Å². The van der Waals surface area contributed by atoms with Crippen LogP contribution in [-0.2, 0) is 0 Å². The molecule has 4 aromatic rings. The number of fused-ring (bicyclic) bond motifs is 1. The van der Waals surface area contributed by atoms with Gasteiger partial charge in [-0.1, -0.05) is 29.3 Å². The zero-order valence-corrected chi connectivity index (χ0v) is 18.4. The van der Waals surface area contributed by atoms with E-state index in [0.717, 1.165) is 5.56 Å². The maximum Gasteiger partial charge on any atom is 0.258 e. The Kier molecular flexibility index (Phi) is 6.08. The SMILES string of the molecule is COc1cccc(-c2nc3cc(NC(=S)NC(=O)c4ccc(Cl)cc4Cl)ccc3o2)c1. The largest absolute Gasteiger partial charge is 0.497 e. The summed E-state index contributed by atoms with van der Waals surface area (Å²) in [6.45, 7) is 0. The molecule has 1 amide bonds. The average Bonchev–Trinajstić information content (AvgIpc) is 3.17. The molecule has 6 nitrogen and oxygen atoms in total. The summed E-state index contributed by atoms with van der Waals surface area (Å²) in [6.07, 6.45) is 0. The number of nitrogens with zero attached hydrogens (tertiary/aromatic N) is 1. The molecule has 4 rings (SSSR count). The van der Waals surface area contributed by atoms with E-state index in [2.05, 4.69) is 15.6 Å². The second-order valence-electron chi connectivity index (χ2n) is 6.47. The van der Waals surface area contributed by atoms with Crippen molar-refractivity contribution in [2.75, 3.05) is 12.4 Å². The van der Waals surface area contributed by atoms with Gasteiger partial charge in [-0.05, 0) is 66.8 Å². The first-order valence-corrected chi connectivity index (χ1v) is 10.2. The summed E-state index contributed by atoms with van der Waals surface area (Å²) in [6, 6.07) is 17.4. The van der Waals surface area contributed by atoms with Crippen molar-refractivity contribution in [1.82, 2.24) is 10.3 Å². The number of carbonyl (C=O) groups is 1. The van der Waals surface area contributed by atoms with Gasteiger partial charge in [-0.3, -0.25) is 10.1 Å². The molecule has 0 aliphatic rings. The van der Waals surface area contributed by atoms with Gasteiger partial charge in [0.25, 0.3) is 5.91 Å². The number of hydrogen-bond acceptors (Lipinski definition) is 5. The van der Waals surface area contributed by atoms with E-state index >= 15 is 0 Å². The van der Waals surface area contributed by atoms with E-state index in [4.69, 9.17) is 44.6 Å². The first-order chi connectivity index (χ1) is 14.9. The van der Waals surface area contributed by atoms with E-state index in [0.29, 0.717) is 33.4 Å². The highest BCUT2D eigenvalue weighted by Crippen LogP contribution is 2.28. The van der Waals surface area contributed by atoms with E-state index in [1.807, 2.05) is 24.3 Å². The summed E-state index contributed by atoms with van der Waals surface area (Å²) >= 11 is 17.2. The molecule has 3 aromatic carbocycles. The van der Waals surface area contributed by atoms with E-state index in [1.165, 1.54) is 12.1 Å². The highest BCUT2D eigenvalue weighted by Gasteiger charge is 2.14. The lowest BCUT2D eigenvalue weighted by Gasteiger charge is -2.10. The normalized spacial score (nSPS) is 10.7. The molecule has 0 bridgehead atoms. The first-order valence-electron chi connectivity index (χ1n) is 9.05. The van der Waals surface area contributed by atoms with Crippen LogP contribution in [0, 0.1) is 0 Å². The lowest BCUT2D eigenvalue weighted by molar-refractivity contribution is 0.0978. The van der Waals surface area contributed by atoms with Crippen molar-refractivity contribution in [2.24, 2.45) is 0 Å². The van der Waals surface area contributed by atoms with E-state index in [1.54, 1.807) is 31.4 Å². The van der Waals surface area contributed by atoms with Crippen LogP contribution >= 0.6 is 35.4 Å². The number of methoxy groups -OCH3 is 1. The topological polar surface area (TPSA) is 76.4 Å². The molecule has 156 valence electrons. The zero-order chi connectivity index (χ0) is 22.0. The van der Waals surface area contributed by atoms with Gasteiger partial charge in [0.1, 0.15) is 11.3 Å². The molecular weight excluding hydrogens is 457 g/mol. The van der Waals surface area contributed by atoms with Crippen LogP contribution in [0.25, 0.3) is 22.6 Å². The van der Waals surface area contributed by atoms with Gasteiger partial charge in [0.15, 0.2) is 10.7 Å². The van der Waals surface area contributed by atoms with Crippen LogP contribution in [0.3, 0.4) is 0 Å². The number of benzene rings is 3. The standard InChI is InChI=1S/C22H15Cl2N3O3S/c1-29-15-4-2-3-12(9-15)21-26-18-11-14(6-8-19(18)30-21)25-22(31)27-20(28)16-7-5-13(23)10-17(16)24/h2-11H,1H3,(H2,25,27,28,31). The Morgan fingerprint density at radius 3 is 2.71 bits per heavy atom. The fourth-order valence-corrected chi connectivity index (χ4v) is 3.60. The second-order valence-corrected chi connectivity index (χ2v) is 7.72. The van der Waals surface area contributed by atoms with Crippen molar-refractivity contribution >= 4 is 63.2 Å². The third-order valence-corrected chi connectivity index (χ3v) is 5.12. The monoisotopic (exact) mass is 471 g/mol. The quantitative estimate of drug-likeness (QED) is 0.358. The minimum atomic E-state index is -0.443. The van der Waals surface area contributed by atoms with Crippen molar-refractivity contribution < 1.29 is 13.9 Å². The maximum absolute atomic E-state index is 12.4. The van der Waals surface area contributed by atoms with Crippen LogP contribution < -0.4 is 15.4 Å². The van der Waals surface area contributed by atoms with Gasteiger partial charge in [0.05, 0.1) is 17.7 Å². The molecule has 31 heavy (non-hydrogen) atoms. The summed E-state index contributed by atoms with van der Waals surface area (Å²) in [5.74, 6) is 0.741. The molecule has 0 spiro atoms. The Labute approximate surface area is 193 Å². The molecule has 0 atom stereocenters. The molecule has 0 radical (unpaired) electrons. The predicted octanol–water partition coefficient (Wildman–Crippen LogP) is 5.94. The van der Waals surface area contributed by atoms with Crippen LogP contribution in [0.2, 0.25) is 10.0 Å². The van der Waals surface area contributed by atoms with Gasteiger partial charge in [0, 0.05) is 16.3 Å². The van der Waals surface area contributed by atoms with Gasteiger partial charge in [-0.15, -0.1) is 0 Å². The molecule has 0 fully saturated rings. The first kappa shape index (κ1) is 21.1. The number of rotatable bonds is 4. The van der Waals surface area contributed by atoms with Crippen molar-refractivity contribution in [1.29, 1.82) is 0 Å². The number of halogens is 2. The molecule has 0 aliphatic carbocycles.